The summed E-state index contributed by atoms with van der Waals surface area (Å²) in [6.07, 6.45) is 5.53. The molecule has 4 rings (SSSR count). The van der Waals surface area contributed by atoms with Crippen LogP contribution in [0.15, 0.2) is 42.5 Å². The molecule has 162 valence electrons. The Kier molecular flexibility index (Phi) is 5.97. The van der Waals surface area contributed by atoms with Gasteiger partial charge in [0.1, 0.15) is 17.1 Å². The first-order valence-corrected chi connectivity index (χ1v) is 11.3. The lowest BCUT2D eigenvalue weighted by Crippen LogP contribution is -2.47. The molecule has 1 saturated carbocycles. The first-order valence-electron chi connectivity index (χ1n) is 11.3. The first kappa shape index (κ1) is 21.0. The van der Waals surface area contributed by atoms with Crippen molar-refractivity contribution in [1.82, 2.24) is 0 Å². The van der Waals surface area contributed by atoms with Gasteiger partial charge in [0.2, 0.25) is 0 Å². The van der Waals surface area contributed by atoms with Crippen molar-refractivity contribution < 1.29 is 14.6 Å². The van der Waals surface area contributed by atoms with Gasteiger partial charge in [0, 0.05) is 29.3 Å². The molecule has 1 unspecified atom stereocenters. The number of anilines is 1. The highest BCUT2D eigenvalue weighted by molar-refractivity contribution is 5.62. The van der Waals surface area contributed by atoms with Crippen LogP contribution in [-0.2, 0) is 6.42 Å². The van der Waals surface area contributed by atoms with Gasteiger partial charge >= 0.3 is 0 Å². The van der Waals surface area contributed by atoms with E-state index in [4.69, 9.17) is 15.2 Å². The molecule has 3 N–H and O–H groups in total. The van der Waals surface area contributed by atoms with Crippen LogP contribution in [0.1, 0.15) is 69.9 Å². The average Bonchev–Trinajstić information content (AvgIpc) is 2.67. The van der Waals surface area contributed by atoms with E-state index in [1.54, 1.807) is 0 Å². The average molecular weight is 410 g/mol. The van der Waals surface area contributed by atoms with E-state index in [1.807, 2.05) is 12.1 Å². The number of aliphatic hydroxyl groups is 1. The van der Waals surface area contributed by atoms with Crippen LogP contribution in [0.3, 0.4) is 0 Å². The molecule has 0 spiro atoms. The van der Waals surface area contributed by atoms with Crippen molar-refractivity contribution in [1.29, 1.82) is 0 Å². The van der Waals surface area contributed by atoms with Crippen LogP contribution in [0, 0.1) is 5.92 Å². The van der Waals surface area contributed by atoms with Crippen molar-refractivity contribution in [2.45, 2.75) is 83.0 Å². The van der Waals surface area contributed by atoms with Gasteiger partial charge in [0.15, 0.2) is 0 Å². The molecule has 30 heavy (non-hydrogen) atoms. The van der Waals surface area contributed by atoms with Crippen molar-refractivity contribution in [3.05, 3.63) is 53.6 Å². The fraction of sp³-hybridized carbons (Fsp3) is 0.538. The molecular formula is C26H35NO3. The molecule has 1 heterocycles. The van der Waals surface area contributed by atoms with Crippen molar-refractivity contribution in [3.8, 4) is 11.5 Å². The number of nitrogens with two attached hydrogens (primary N) is 1. The molecule has 0 radical (unpaired) electrons. The molecule has 0 amide bonds. The van der Waals surface area contributed by atoms with Gasteiger partial charge in [-0.1, -0.05) is 30.3 Å². The fourth-order valence-electron chi connectivity index (χ4n) is 5.36. The van der Waals surface area contributed by atoms with E-state index >= 15 is 0 Å². The quantitative estimate of drug-likeness (QED) is 0.621. The number of fused-ring (bicyclic) bond motifs is 3. The highest BCUT2D eigenvalue weighted by Gasteiger charge is 2.47. The molecule has 2 aromatic carbocycles. The fourth-order valence-corrected chi connectivity index (χ4v) is 5.36. The summed E-state index contributed by atoms with van der Waals surface area (Å²) in [5.74, 6) is 2.20. The van der Waals surface area contributed by atoms with Gasteiger partial charge in [-0.2, -0.15) is 0 Å². The summed E-state index contributed by atoms with van der Waals surface area (Å²) in [4.78, 5) is 0. The molecule has 4 nitrogen and oxygen atoms in total. The Labute approximate surface area is 180 Å². The minimum absolute atomic E-state index is 0.104. The number of hydrogen-bond donors (Lipinski definition) is 2. The van der Waals surface area contributed by atoms with E-state index < -0.39 is 0 Å². The minimum atomic E-state index is -0.274. The van der Waals surface area contributed by atoms with Crippen LogP contribution in [0.4, 0.5) is 5.69 Å². The van der Waals surface area contributed by atoms with Crippen LogP contribution in [0.5, 0.6) is 11.5 Å². The molecule has 0 aromatic heterocycles. The van der Waals surface area contributed by atoms with Gasteiger partial charge in [0.25, 0.3) is 0 Å². The molecule has 1 aliphatic heterocycles. The zero-order valence-corrected chi connectivity index (χ0v) is 18.4. The Morgan fingerprint density at radius 3 is 2.73 bits per heavy atom. The smallest absolute Gasteiger partial charge is 0.129 e. The Balaban J connectivity index is 1.45. The van der Waals surface area contributed by atoms with Crippen LogP contribution < -0.4 is 15.2 Å². The third-order valence-electron chi connectivity index (χ3n) is 6.86. The van der Waals surface area contributed by atoms with E-state index in [-0.39, 0.29) is 23.7 Å². The van der Waals surface area contributed by atoms with Gasteiger partial charge in [0.05, 0.1) is 12.2 Å². The Morgan fingerprint density at radius 1 is 1.20 bits per heavy atom. The molecule has 1 aliphatic carbocycles. The van der Waals surface area contributed by atoms with E-state index in [2.05, 4.69) is 51.1 Å². The van der Waals surface area contributed by atoms with E-state index in [0.717, 1.165) is 61.3 Å². The van der Waals surface area contributed by atoms with Crippen LogP contribution in [-0.4, -0.2) is 22.9 Å². The predicted molar refractivity (Wildman–Crippen MR) is 121 cm³/mol. The van der Waals surface area contributed by atoms with Gasteiger partial charge < -0.3 is 20.3 Å². The maximum atomic E-state index is 10.3. The number of aliphatic hydroxyl groups excluding tert-OH is 1. The van der Waals surface area contributed by atoms with Crippen LogP contribution >= 0.6 is 0 Å². The molecule has 1 fully saturated rings. The van der Waals surface area contributed by atoms with Crippen molar-refractivity contribution >= 4 is 5.69 Å². The van der Waals surface area contributed by atoms with Gasteiger partial charge in [-0.25, -0.2) is 0 Å². The lowest BCUT2D eigenvalue weighted by molar-refractivity contribution is -0.0307. The van der Waals surface area contributed by atoms with Gasteiger partial charge in [-0.3, -0.25) is 0 Å². The molecule has 4 heteroatoms. The number of nitrogen functional groups attached to an aromatic ring is 1. The number of ether oxygens (including phenoxy) is 2. The molecule has 4 atom stereocenters. The van der Waals surface area contributed by atoms with Gasteiger partial charge in [-0.05, 0) is 70.8 Å². The zero-order valence-electron chi connectivity index (χ0n) is 18.4. The normalized spacial score (nSPS) is 25.5. The SMILES string of the molecule is CC(CCCc1ccccc1)Oc1cc(N)c2c(c1)OC(C)(C)[C@@H]1CC[C@@H](O)C[C@@H]21. The van der Waals surface area contributed by atoms with Crippen molar-refractivity contribution in [3.63, 3.8) is 0 Å². The monoisotopic (exact) mass is 409 g/mol. The first-order chi connectivity index (χ1) is 14.3. The number of benzene rings is 2. The topological polar surface area (TPSA) is 64.7 Å². The van der Waals surface area contributed by atoms with Crippen LogP contribution in [0.25, 0.3) is 0 Å². The lowest BCUT2D eigenvalue weighted by atomic mass is 9.66. The van der Waals surface area contributed by atoms with E-state index in [9.17, 15) is 5.11 Å². The van der Waals surface area contributed by atoms with Gasteiger partial charge in [-0.15, -0.1) is 0 Å². The highest BCUT2D eigenvalue weighted by atomic mass is 16.5. The number of hydrogen-bond acceptors (Lipinski definition) is 4. The molecule has 0 bridgehead atoms. The summed E-state index contributed by atoms with van der Waals surface area (Å²) in [6.45, 7) is 6.42. The Bertz CT molecular complexity index is 864. The Morgan fingerprint density at radius 2 is 1.97 bits per heavy atom. The maximum absolute atomic E-state index is 10.3. The summed E-state index contributed by atoms with van der Waals surface area (Å²) in [5, 5.41) is 10.3. The second kappa shape index (κ2) is 8.50. The standard InChI is InChI=1S/C26H35NO3/c1-17(8-7-11-18-9-5-4-6-10-18)29-20-15-23(27)25-21-14-19(28)12-13-22(21)26(2,3)30-24(25)16-20/h4-6,9-10,15-17,19,21-22,28H,7-8,11-14,27H2,1-3H3/t17?,19-,21-,22-/m1/s1. The highest BCUT2D eigenvalue weighted by Crippen LogP contribution is 2.54. The second-order valence-electron chi connectivity index (χ2n) is 9.62. The number of aryl methyl sites for hydroxylation is 1. The van der Waals surface area contributed by atoms with Crippen molar-refractivity contribution in [2.24, 2.45) is 5.92 Å². The van der Waals surface area contributed by atoms with Crippen molar-refractivity contribution in [2.75, 3.05) is 5.73 Å². The van der Waals surface area contributed by atoms with E-state index in [1.165, 1.54) is 5.56 Å². The molecule has 2 aromatic rings. The summed E-state index contributed by atoms with van der Waals surface area (Å²) < 4.78 is 12.6. The molecular weight excluding hydrogens is 374 g/mol. The summed E-state index contributed by atoms with van der Waals surface area (Å²) in [5.41, 5.74) is 9.36. The minimum Gasteiger partial charge on any atom is -0.491 e. The number of rotatable bonds is 6. The Hall–Kier alpha value is -2.20. The molecule has 2 aliphatic rings. The third kappa shape index (κ3) is 4.44. The van der Waals surface area contributed by atoms with E-state index in [0.29, 0.717) is 5.92 Å². The predicted octanol–water partition coefficient (Wildman–Crippen LogP) is 5.47. The largest absolute Gasteiger partial charge is 0.491 e. The second-order valence-corrected chi connectivity index (χ2v) is 9.62. The van der Waals surface area contributed by atoms with Crippen LogP contribution in [0.2, 0.25) is 0 Å². The summed E-state index contributed by atoms with van der Waals surface area (Å²) in [6, 6.07) is 14.5. The lowest BCUT2D eigenvalue weighted by Gasteiger charge is -2.48. The molecule has 0 saturated heterocycles. The maximum Gasteiger partial charge on any atom is 0.129 e. The summed E-state index contributed by atoms with van der Waals surface area (Å²) >= 11 is 0. The summed E-state index contributed by atoms with van der Waals surface area (Å²) in [7, 11) is 0. The zero-order chi connectivity index (χ0) is 21.3. The third-order valence-corrected chi connectivity index (χ3v) is 6.86.